The maximum Gasteiger partial charge on any atom is 0.265 e. The van der Waals surface area contributed by atoms with E-state index in [-0.39, 0.29) is 5.56 Å². The fourth-order valence-electron chi connectivity index (χ4n) is 4.16. The number of benzene rings is 3. The molecule has 33 heavy (non-hydrogen) atoms. The molecule has 3 heterocycles. The molecule has 0 saturated heterocycles. The molecule has 0 atom stereocenters. The van der Waals surface area contributed by atoms with Gasteiger partial charge in [-0.2, -0.15) is 0 Å². The molecule has 6 aromatic rings. The highest BCUT2D eigenvalue weighted by Gasteiger charge is 2.20. The monoisotopic (exact) mass is 495 g/mol. The predicted octanol–water partition coefficient (Wildman–Crippen LogP) is 5.29. The van der Waals surface area contributed by atoms with E-state index in [9.17, 15) is 4.79 Å². The lowest BCUT2D eigenvalue weighted by atomic mass is 10.1. The molecule has 0 spiro atoms. The average molecular weight is 496 g/mol. The van der Waals surface area contributed by atoms with Crippen molar-refractivity contribution in [2.75, 3.05) is 0 Å². The van der Waals surface area contributed by atoms with Crippen molar-refractivity contribution in [2.45, 2.75) is 13.0 Å². The summed E-state index contributed by atoms with van der Waals surface area (Å²) in [6, 6.07) is 25.7. The lowest BCUT2D eigenvalue weighted by Gasteiger charge is -2.08. The summed E-state index contributed by atoms with van der Waals surface area (Å²) in [4.78, 5) is 28.1. The van der Waals surface area contributed by atoms with Crippen molar-refractivity contribution in [3.63, 3.8) is 0 Å². The summed E-state index contributed by atoms with van der Waals surface area (Å²) in [5, 5.41) is 0.488. The zero-order chi connectivity index (χ0) is 22.4. The average Bonchev–Trinajstić information content (AvgIpc) is 3.17. The normalized spacial score (nSPS) is 11.5. The van der Waals surface area contributed by atoms with E-state index in [1.807, 2.05) is 71.3 Å². The van der Waals surface area contributed by atoms with Gasteiger partial charge in [0.25, 0.3) is 5.56 Å². The Kier molecular flexibility index (Phi) is 4.77. The number of rotatable bonds is 4. The number of nitrogens with zero attached hydrogens (tertiary/aromatic N) is 5. The first-order valence-corrected chi connectivity index (χ1v) is 11.4. The van der Waals surface area contributed by atoms with E-state index in [1.165, 1.54) is 5.56 Å². The summed E-state index contributed by atoms with van der Waals surface area (Å²) in [6.45, 7) is 0.539. The Morgan fingerprint density at radius 3 is 2.24 bits per heavy atom. The molecule has 0 aliphatic carbocycles. The third-order valence-corrected chi connectivity index (χ3v) is 6.33. The SMILES string of the molecule is O=c1c2c3nc4ccccc4nc3n(-c3ccc(Br)cc3)c2ncn1CCc1ccccc1. The summed E-state index contributed by atoms with van der Waals surface area (Å²) in [6.07, 6.45) is 2.37. The van der Waals surface area contributed by atoms with Crippen molar-refractivity contribution in [3.05, 3.63) is 106 Å². The van der Waals surface area contributed by atoms with E-state index in [0.717, 1.165) is 27.6 Å². The number of para-hydroxylation sites is 2. The van der Waals surface area contributed by atoms with Gasteiger partial charge in [0.05, 0.1) is 17.4 Å². The molecule has 0 amide bonds. The van der Waals surface area contributed by atoms with Gasteiger partial charge in [-0.05, 0) is 48.4 Å². The van der Waals surface area contributed by atoms with E-state index in [2.05, 4.69) is 28.1 Å². The topological polar surface area (TPSA) is 65.6 Å². The largest absolute Gasteiger partial charge is 0.298 e. The van der Waals surface area contributed by atoms with Gasteiger partial charge in [0.2, 0.25) is 0 Å². The summed E-state index contributed by atoms with van der Waals surface area (Å²) >= 11 is 3.49. The van der Waals surface area contributed by atoms with Crippen LogP contribution in [0.15, 0.2) is 94.5 Å². The van der Waals surface area contributed by atoms with Crippen molar-refractivity contribution >= 4 is 49.2 Å². The molecule has 160 valence electrons. The van der Waals surface area contributed by atoms with Crippen molar-refractivity contribution < 1.29 is 0 Å². The molecule has 0 saturated carbocycles. The number of aromatic nitrogens is 5. The Balaban J connectivity index is 1.61. The van der Waals surface area contributed by atoms with Crippen LogP contribution in [-0.2, 0) is 13.0 Å². The Bertz CT molecular complexity index is 1690. The van der Waals surface area contributed by atoms with E-state index < -0.39 is 0 Å². The van der Waals surface area contributed by atoms with Gasteiger partial charge in [-0.1, -0.05) is 58.4 Å². The molecule has 0 N–H and O–H groups in total. The standard InChI is InChI=1S/C26H18BrN5O/c27-18-10-12-19(13-11-18)32-24-22(23-25(32)30-21-9-5-4-8-20(21)29-23)26(33)31(16-28-24)15-14-17-6-2-1-3-7-17/h1-13,16H,14-15H2. The molecule has 0 bridgehead atoms. The molecule has 0 fully saturated rings. The van der Waals surface area contributed by atoms with Crippen LogP contribution >= 0.6 is 15.9 Å². The minimum atomic E-state index is -0.110. The van der Waals surface area contributed by atoms with Gasteiger partial charge < -0.3 is 0 Å². The molecule has 0 aliphatic rings. The second-order valence-corrected chi connectivity index (χ2v) is 8.79. The highest BCUT2D eigenvalue weighted by atomic mass is 79.9. The van der Waals surface area contributed by atoms with Crippen molar-refractivity contribution in [2.24, 2.45) is 0 Å². The van der Waals surface area contributed by atoms with E-state index in [0.29, 0.717) is 28.7 Å². The van der Waals surface area contributed by atoms with Crippen LogP contribution in [0.4, 0.5) is 0 Å². The molecule has 3 aromatic heterocycles. The first-order valence-electron chi connectivity index (χ1n) is 10.7. The number of halogens is 1. The number of hydrogen-bond donors (Lipinski definition) is 0. The molecule has 0 unspecified atom stereocenters. The van der Waals surface area contributed by atoms with Gasteiger partial charge in [0.15, 0.2) is 11.3 Å². The van der Waals surface area contributed by atoms with Gasteiger partial charge in [0, 0.05) is 16.7 Å². The lowest BCUT2D eigenvalue weighted by Crippen LogP contribution is -2.21. The highest BCUT2D eigenvalue weighted by Crippen LogP contribution is 2.28. The summed E-state index contributed by atoms with van der Waals surface area (Å²) in [5.74, 6) is 0. The second-order valence-electron chi connectivity index (χ2n) is 7.87. The fourth-order valence-corrected chi connectivity index (χ4v) is 4.42. The Hall–Kier alpha value is -3.84. The van der Waals surface area contributed by atoms with Crippen LogP contribution in [0, 0.1) is 0 Å². The summed E-state index contributed by atoms with van der Waals surface area (Å²) in [5.41, 5.74) is 5.21. The minimum Gasteiger partial charge on any atom is -0.298 e. The quantitative estimate of drug-likeness (QED) is 0.333. The van der Waals surface area contributed by atoms with Crippen LogP contribution in [-0.4, -0.2) is 24.1 Å². The molecule has 7 heteroatoms. The van der Waals surface area contributed by atoms with Gasteiger partial charge >= 0.3 is 0 Å². The van der Waals surface area contributed by atoms with Gasteiger partial charge in [-0.3, -0.25) is 13.9 Å². The lowest BCUT2D eigenvalue weighted by molar-refractivity contribution is 0.662. The van der Waals surface area contributed by atoms with Crippen LogP contribution in [0.3, 0.4) is 0 Å². The number of aryl methyl sites for hydroxylation is 2. The van der Waals surface area contributed by atoms with Crippen LogP contribution < -0.4 is 5.56 Å². The fraction of sp³-hybridized carbons (Fsp3) is 0.0769. The van der Waals surface area contributed by atoms with E-state index in [1.54, 1.807) is 10.9 Å². The minimum absolute atomic E-state index is 0.110. The first kappa shape index (κ1) is 19.8. The zero-order valence-electron chi connectivity index (χ0n) is 17.5. The van der Waals surface area contributed by atoms with Crippen LogP contribution in [0.5, 0.6) is 0 Å². The van der Waals surface area contributed by atoms with Crippen LogP contribution in [0.2, 0.25) is 0 Å². The maximum atomic E-state index is 13.6. The van der Waals surface area contributed by atoms with Gasteiger partial charge in [-0.25, -0.2) is 15.0 Å². The highest BCUT2D eigenvalue weighted by molar-refractivity contribution is 9.10. The summed E-state index contributed by atoms with van der Waals surface area (Å²) in [7, 11) is 0. The van der Waals surface area contributed by atoms with E-state index >= 15 is 0 Å². The Morgan fingerprint density at radius 1 is 0.788 bits per heavy atom. The van der Waals surface area contributed by atoms with Crippen LogP contribution in [0.1, 0.15) is 5.56 Å². The summed E-state index contributed by atoms with van der Waals surface area (Å²) < 4.78 is 4.55. The number of fused-ring (bicyclic) bond motifs is 4. The molecule has 0 aliphatic heterocycles. The predicted molar refractivity (Wildman–Crippen MR) is 134 cm³/mol. The van der Waals surface area contributed by atoms with Crippen molar-refractivity contribution in [3.8, 4) is 5.69 Å². The molecule has 6 rings (SSSR count). The van der Waals surface area contributed by atoms with Gasteiger partial charge in [-0.15, -0.1) is 0 Å². The third-order valence-electron chi connectivity index (χ3n) is 5.80. The molecule has 6 nitrogen and oxygen atoms in total. The Morgan fingerprint density at radius 2 is 1.48 bits per heavy atom. The van der Waals surface area contributed by atoms with Gasteiger partial charge in [0.1, 0.15) is 10.9 Å². The third kappa shape index (κ3) is 3.41. The second kappa shape index (κ2) is 7.94. The van der Waals surface area contributed by atoms with E-state index in [4.69, 9.17) is 15.0 Å². The smallest absolute Gasteiger partial charge is 0.265 e. The molecule has 3 aromatic carbocycles. The first-order chi connectivity index (χ1) is 16.2. The Labute approximate surface area is 197 Å². The maximum absolute atomic E-state index is 13.6. The van der Waals surface area contributed by atoms with Crippen LogP contribution in [0.25, 0.3) is 38.9 Å². The molecule has 0 radical (unpaired) electrons. The molecular formula is C26H18BrN5O. The van der Waals surface area contributed by atoms with Crippen molar-refractivity contribution in [1.29, 1.82) is 0 Å². The zero-order valence-corrected chi connectivity index (χ0v) is 19.1. The van der Waals surface area contributed by atoms with Crippen molar-refractivity contribution in [1.82, 2.24) is 24.1 Å². The number of hydrogen-bond acceptors (Lipinski definition) is 4. The molecular weight excluding hydrogens is 478 g/mol.